The molecule has 14 heavy (non-hydrogen) atoms. The molecule has 0 N–H and O–H groups in total. The first-order chi connectivity index (χ1) is 6.65. The molecule has 3 heteroatoms. The van der Waals surface area contributed by atoms with Crippen molar-refractivity contribution < 1.29 is 9.18 Å². The quantitative estimate of drug-likeness (QED) is 0.689. The van der Waals surface area contributed by atoms with Gasteiger partial charge >= 0.3 is 0 Å². The lowest BCUT2D eigenvalue weighted by molar-refractivity contribution is 0.0983. The number of carbonyl (C=O) groups excluding carboxylic acids is 1. The molecule has 0 radical (unpaired) electrons. The molecule has 0 unspecified atom stereocenters. The molecule has 0 saturated carbocycles. The Kier molecular flexibility index (Phi) is 3.35. The zero-order chi connectivity index (χ0) is 10.6. The Morgan fingerprint density at radius 2 is 2.29 bits per heavy atom. The van der Waals surface area contributed by atoms with Gasteiger partial charge in [0.15, 0.2) is 5.78 Å². The van der Waals surface area contributed by atoms with Crippen molar-refractivity contribution in [2.24, 2.45) is 0 Å². The molecule has 0 amide bonds. The highest BCUT2D eigenvalue weighted by molar-refractivity contribution is 5.97. The van der Waals surface area contributed by atoms with Crippen LogP contribution in [0.5, 0.6) is 0 Å². The van der Waals surface area contributed by atoms with E-state index >= 15 is 0 Å². The van der Waals surface area contributed by atoms with Crippen LogP contribution in [0.15, 0.2) is 18.2 Å². The number of hydrogen-bond acceptors (Lipinski definition) is 2. The molecule has 1 rings (SSSR count). The van der Waals surface area contributed by atoms with E-state index in [2.05, 4.69) is 0 Å². The normalized spacial score (nSPS) is 9.50. The summed E-state index contributed by atoms with van der Waals surface area (Å²) in [5.41, 5.74) is 1.12. The van der Waals surface area contributed by atoms with Crippen LogP contribution in [0.25, 0.3) is 0 Å². The second-order valence-electron chi connectivity index (χ2n) is 3.04. The van der Waals surface area contributed by atoms with Crippen molar-refractivity contribution in [1.29, 1.82) is 5.26 Å². The van der Waals surface area contributed by atoms with Crippen molar-refractivity contribution in [1.82, 2.24) is 0 Å². The monoisotopic (exact) mass is 191 g/mol. The van der Waals surface area contributed by atoms with E-state index in [9.17, 15) is 9.18 Å². The first kappa shape index (κ1) is 10.4. The lowest BCUT2D eigenvalue weighted by atomic mass is 10.0. The summed E-state index contributed by atoms with van der Waals surface area (Å²) in [6.45, 7) is 1.68. The molecule has 0 aliphatic carbocycles. The van der Waals surface area contributed by atoms with E-state index < -0.39 is 0 Å². The number of ketones is 1. The molecule has 1 aromatic rings. The lowest BCUT2D eigenvalue weighted by Gasteiger charge is -2.02. The van der Waals surface area contributed by atoms with Gasteiger partial charge in [0.25, 0.3) is 0 Å². The molecule has 0 spiro atoms. The predicted molar refractivity (Wildman–Crippen MR) is 50.3 cm³/mol. The minimum absolute atomic E-state index is 0.107. The van der Waals surface area contributed by atoms with Gasteiger partial charge in [0.2, 0.25) is 0 Å². The van der Waals surface area contributed by atoms with Crippen molar-refractivity contribution in [3.05, 3.63) is 35.1 Å². The fraction of sp³-hybridized carbons (Fsp3) is 0.273. The Morgan fingerprint density at radius 1 is 1.57 bits per heavy atom. The topological polar surface area (TPSA) is 40.9 Å². The molecule has 0 heterocycles. The summed E-state index contributed by atoms with van der Waals surface area (Å²) >= 11 is 0. The summed E-state index contributed by atoms with van der Waals surface area (Å²) in [6, 6.07) is 5.94. The fourth-order valence-electron chi connectivity index (χ4n) is 1.24. The largest absolute Gasteiger partial charge is 0.294 e. The van der Waals surface area contributed by atoms with Crippen LogP contribution >= 0.6 is 0 Å². The molecule has 0 aliphatic heterocycles. The number of nitriles is 1. The van der Waals surface area contributed by atoms with E-state index in [0.29, 0.717) is 11.1 Å². The van der Waals surface area contributed by atoms with E-state index in [-0.39, 0.29) is 24.4 Å². The summed E-state index contributed by atoms with van der Waals surface area (Å²) in [4.78, 5) is 11.5. The van der Waals surface area contributed by atoms with Crippen LogP contribution in [0, 0.1) is 24.1 Å². The molecule has 72 valence electrons. The zero-order valence-corrected chi connectivity index (χ0v) is 7.88. The van der Waals surface area contributed by atoms with Gasteiger partial charge in [0.1, 0.15) is 5.82 Å². The number of hydrogen-bond donors (Lipinski definition) is 0. The molecule has 0 aliphatic rings. The third-order valence-electron chi connectivity index (χ3n) is 1.95. The van der Waals surface area contributed by atoms with E-state index in [0.717, 1.165) is 0 Å². The minimum atomic E-state index is -0.348. The van der Waals surface area contributed by atoms with Crippen LogP contribution in [-0.4, -0.2) is 5.78 Å². The molecule has 0 bridgehead atoms. The number of halogens is 1. The minimum Gasteiger partial charge on any atom is -0.294 e. The summed E-state index contributed by atoms with van der Waals surface area (Å²) < 4.78 is 12.7. The van der Waals surface area contributed by atoms with Gasteiger partial charge in [-0.1, -0.05) is 0 Å². The molecular formula is C11H10FNO. The maximum absolute atomic E-state index is 12.7. The summed E-state index contributed by atoms with van der Waals surface area (Å²) in [5.74, 6) is -0.455. The zero-order valence-electron chi connectivity index (χ0n) is 7.88. The van der Waals surface area contributed by atoms with E-state index in [1.165, 1.54) is 18.2 Å². The van der Waals surface area contributed by atoms with Crippen LogP contribution < -0.4 is 0 Å². The van der Waals surface area contributed by atoms with Crippen LogP contribution in [-0.2, 0) is 0 Å². The highest BCUT2D eigenvalue weighted by atomic mass is 19.1. The van der Waals surface area contributed by atoms with E-state index in [4.69, 9.17) is 5.26 Å². The number of Topliss-reactive ketones (excluding diaryl/α,β-unsaturated/α-hetero) is 1. The Balaban J connectivity index is 2.86. The number of aryl methyl sites for hydroxylation is 1. The maximum Gasteiger partial charge on any atom is 0.164 e. The molecular weight excluding hydrogens is 181 g/mol. The van der Waals surface area contributed by atoms with E-state index in [1.807, 2.05) is 6.07 Å². The first-order valence-corrected chi connectivity index (χ1v) is 4.31. The number of nitrogens with zero attached hydrogens (tertiary/aromatic N) is 1. The van der Waals surface area contributed by atoms with Crippen LogP contribution in [0.4, 0.5) is 4.39 Å². The lowest BCUT2D eigenvalue weighted by Crippen LogP contribution is -2.01. The second-order valence-corrected chi connectivity index (χ2v) is 3.04. The molecule has 0 saturated heterocycles. The van der Waals surface area contributed by atoms with Crippen molar-refractivity contribution in [3.8, 4) is 6.07 Å². The van der Waals surface area contributed by atoms with Crippen LogP contribution in [0.2, 0.25) is 0 Å². The molecule has 0 atom stereocenters. The van der Waals surface area contributed by atoms with Gasteiger partial charge in [-0.2, -0.15) is 5.26 Å². The third-order valence-corrected chi connectivity index (χ3v) is 1.95. The third kappa shape index (κ3) is 2.40. The van der Waals surface area contributed by atoms with Crippen molar-refractivity contribution in [3.63, 3.8) is 0 Å². The summed E-state index contributed by atoms with van der Waals surface area (Å²) in [6.07, 6.45) is 0.401. The maximum atomic E-state index is 12.7. The Bertz CT molecular complexity index is 393. The Morgan fingerprint density at radius 3 is 2.86 bits per heavy atom. The number of rotatable bonds is 3. The van der Waals surface area contributed by atoms with Gasteiger partial charge in [-0.15, -0.1) is 0 Å². The SMILES string of the molecule is Cc1cc(F)ccc1C(=O)CCC#N. The van der Waals surface area contributed by atoms with Crippen molar-refractivity contribution in [2.75, 3.05) is 0 Å². The second kappa shape index (κ2) is 4.52. The van der Waals surface area contributed by atoms with Crippen LogP contribution in [0.1, 0.15) is 28.8 Å². The number of benzene rings is 1. The van der Waals surface area contributed by atoms with Gasteiger partial charge in [-0.3, -0.25) is 4.79 Å². The fourth-order valence-corrected chi connectivity index (χ4v) is 1.24. The molecule has 0 fully saturated rings. The molecule has 2 nitrogen and oxygen atoms in total. The van der Waals surface area contributed by atoms with Gasteiger partial charge < -0.3 is 0 Å². The average molecular weight is 191 g/mol. The predicted octanol–water partition coefficient (Wildman–Crippen LogP) is 2.62. The van der Waals surface area contributed by atoms with Crippen molar-refractivity contribution in [2.45, 2.75) is 19.8 Å². The Labute approximate surface area is 82.0 Å². The molecule has 1 aromatic carbocycles. The van der Waals surface area contributed by atoms with Gasteiger partial charge in [0, 0.05) is 18.4 Å². The van der Waals surface area contributed by atoms with Gasteiger partial charge in [0.05, 0.1) is 6.07 Å². The van der Waals surface area contributed by atoms with Gasteiger partial charge in [-0.25, -0.2) is 4.39 Å². The van der Waals surface area contributed by atoms with Crippen molar-refractivity contribution >= 4 is 5.78 Å². The summed E-state index contributed by atoms with van der Waals surface area (Å²) in [5, 5.41) is 8.31. The highest BCUT2D eigenvalue weighted by Crippen LogP contribution is 2.12. The summed E-state index contributed by atoms with van der Waals surface area (Å²) in [7, 11) is 0. The smallest absolute Gasteiger partial charge is 0.164 e. The van der Waals surface area contributed by atoms with E-state index in [1.54, 1.807) is 6.92 Å². The number of carbonyl (C=O) groups is 1. The Hall–Kier alpha value is -1.69. The standard InChI is InChI=1S/C11H10FNO/c1-8-7-9(12)4-5-10(8)11(14)3-2-6-13/h4-5,7H,2-3H2,1H3. The molecule has 0 aromatic heterocycles. The highest BCUT2D eigenvalue weighted by Gasteiger charge is 2.08. The van der Waals surface area contributed by atoms with Gasteiger partial charge in [-0.05, 0) is 30.7 Å². The average Bonchev–Trinajstić information content (AvgIpc) is 2.14. The van der Waals surface area contributed by atoms with Crippen LogP contribution in [0.3, 0.4) is 0 Å². The first-order valence-electron chi connectivity index (χ1n) is 4.31.